The Bertz CT molecular complexity index is 545. The van der Waals surface area contributed by atoms with Gasteiger partial charge in [-0.15, -0.1) is 11.3 Å². The van der Waals surface area contributed by atoms with Crippen molar-refractivity contribution in [3.63, 3.8) is 0 Å². The van der Waals surface area contributed by atoms with Crippen molar-refractivity contribution in [2.75, 3.05) is 0 Å². The maximum Gasteiger partial charge on any atom is 0.0742 e. The van der Waals surface area contributed by atoms with E-state index in [4.69, 9.17) is 0 Å². The molecular formula is C17H22Br2S. The van der Waals surface area contributed by atoms with Crippen LogP contribution < -0.4 is 0 Å². The average molecular weight is 418 g/mol. The zero-order valence-corrected chi connectivity index (χ0v) is 16.0. The van der Waals surface area contributed by atoms with E-state index in [-0.39, 0.29) is 0 Å². The van der Waals surface area contributed by atoms with Crippen LogP contribution in [0.2, 0.25) is 0 Å². The summed E-state index contributed by atoms with van der Waals surface area (Å²) in [6, 6.07) is 6.62. The van der Waals surface area contributed by atoms with Crippen LogP contribution in [0, 0.1) is 0 Å². The van der Waals surface area contributed by atoms with Gasteiger partial charge >= 0.3 is 0 Å². The van der Waals surface area contributed by atoms with Crippen LogP contribution in [0.15, 0.2) is 26.5 Å². The molecule has 0 saturated carbocycles. The van der Waals surface area contributed by atoms with Gasteiger partial charge in [-0.05, 0) is 51.9 Å². The second-order valence-electron chi connectivity index (χ2n) is 5.37. The molecule has 0 radical (unpaired) electrons. The molecule has 0 unspecified atom stereocenters. The summed E-state index contributed by atoms with van der Waals surface area (Å²) >= 11 is 9.15. The minimum Gasteiger partial charge on any atom is -0.128 e. The molecule has 1 heterocycles. The highest BCUT2D eigenvalue weighted by molar-refractivity contribution is 9.11. The molecule has 0 N–H and O–H groups in total. The maximum atomic E-state index is 3.74. The molecule has 0 atom stereocenters. The third-order valence-electron chi connectivity index (χ3n) is 3.74. The van der Waals surface area contributed by atoms with Gasteiger partial charge in [0.2, 0.25) is 0 Å². The molecule has 0 fully saturated rings. The van der Waals surface area contributed by atoms with Crippen molar-refractivity contribution >= 4 is 53.3 Å². The molecule has 1 aromatic heterocycles. The summed E-state index contributed by atoms with van der Waals surface area (Å²) in [6.07, 6.45) is 10.8. The van der Waals surface area contributed by atoms with Crippen LogP contribution in [-0.4, -0.2) is 0 Å². The molecule has 0 saturated heterocycles. The minimum atomic E-state index is 1.17. The molecule has 1 aromatic carbocycles. The fourth-order valence-corrected chi connectivity index (χ4v) is 5.05. The smallest absolute Gasteiger partial charge is 0.0742 e. The van der Waals surface area contributed by atoms with Crippen LogP contribution in [0.5, 0.6) is 0 Å². The van der Waals surface area contributed by atoms with Crippen LogP contribution in [-0.2, 0) is 6.42 Å². The molecule has 0 bridgehead atoms. The first kappa shape index (κ1) is 16.5. The van der Waals surface area contributed by atoms with E-state index in [1.165, 1.54) is 75.3 Å². The lowest BCUT2D eigenvalue weighted by Crippen LogP contribution is -1.86. The molecular weight excluding hydrogens is 396 g/mol. The first-order valence-corrected chi connectivity index (χ1v) is 9.99. The van der Waals surface area contributed by atoms with Crippen molar-refractivity contribution < 1.29 is 0 Å². The molecule has 0 aliphatic heterocycles. The standard InChI is InChI=1S/C17H22Br2S/c1-2-3-4-5-6-7-8-9-15-14-11-10-13(18)12-16(14)20-17(15)19/h10-12H,2-9H2,1H3. The van der Waals surface area contributed by atoms with E-state index in [0.29, 0.717) is 0 Å². The van der Waals surface area contributed by atoms with E-state index in [1.807, 2.05) is 11.3 Å². The quantitative estimate of drug-likeness (QED) is 0.385. The highest BCUT2D eigenvalue weighted by Gasteiger charge is 2.10. The summed E-state index contributed by atoms with van der Waals surface area (Å²) in [5.74, 6) is 0. The monoisotopic (exact) mass is 416 g/mol. The number of benzene rings is 1. The molecule has 2 aromatic rings. The molecule has 110 valence electrons. The van der Waals surface area contributed by atoms with Gasteiger partial charge in [0.1, 0.15) is 0 Å². The van der Waals surface area contributed by atoms with Gasteiger partial charge in [-0.3, -0.25) is 0 Å². The Morgan fingerprint density at radius 1 is 0.950 bits per heavy atom. The fraction of sp³-hybridized carbons (Fsp3) is 0.529. The SMILES string of the molecule is CCCCCCCCCc1c(Br)sc2cc(Br)ccc12. The van der Waals surface area contributed by atoms with Gasteiger partial charge in [-0.2, -0.15) is 0 Å². The van der Waals surface area contributed by atoms with E-state index in [1.54, 1.807) is 0 Å². The van der Waals surface area contributed by atoms with E-state index in [0.717, 1.165) is 0 Å². The Morgan fingerprint density at radius 2 is 1.65 bits per heavy atom. The Morgan fingerprint density at radius 3 is 2.40 bits per heavy atom. The average Bonchev–Trinajstić information content (AvgIpc) is 2.73. The predicted molar refractivity (Wildman–Crippen MR) is 98.9 cm³/mol. The molecule has 20 heavy (non-hydrogen) atoms. The maximum absolute atomic E-state index is 3.74. The highest BCUT2D eigenvalue weighted by atomic mass is 79.9. The number of hydrogen-bond donors (Lipinski definition) is 0. The number of halogens is 2. The molecule has 2 rings (SSSR count). The van der Waals surface area contributed by atoms with Crippen LogP contribution in [0.25, 0.3) is 10.1 Å². The van der Waals surface area contributed by atoms with Crippen LogP contribution in [0.4, 0.5) is 0 Å². The van der Waals surface area contributed by atoms with Crippen molar-refractivity contribution in [2.45, 2.75) is 58.3 Å². The largest absolute Gasteiger partial charge is 0.128 e. The summed E-state index contributed by atoms with van der Waals surface area (Å²) in [7, 11) is 0. The number of fused-ring (bicyclic) bond motifs is 1. The van der Waals surface area contributed by atoms with Crippen LogP contribution in [0.1, 0.15) is 57.4 Å². The number of unbranched alkanes of at least 4 members (excludes halogenated alkanes) is 6. The van der Waals surface area contributed by atoms with Crippen molar-refractivity contribution in [2.24, 2.45) is 0 Å². The zero-order chi connectivity index (χ0) is 14.4. The summed E-state index contributed by atoms with van der Waals surface area (Å²) in [5.41, 5.74) is 1.51. The number of aryl methyl sites for hydroxylation is 1. The van der Waals surface area contributed by atoms with Crippen molar-refractivity contribution in [1.29, 1.82) is 0 Å². The van der Waals surface area contributed by atoms with Gasteiger partial charge in [-0.25, -0.2) is 0 Å². The summed E-state index contributed by atoms with van der Waals surface area (Å²) in [4.78, 5) is 0. The van der Waals surface area contributed by atoms with Crippen LogP contribution in [0.3, 0.4) is 0 Å². The third kappa shape index (κ3) is 4.57. The number of hydrogen-bond acceptors (Lipinski definition) is 1. The Balaban J connectivity index is 1.85. The molecule has 0 aliphatic carbocycles. The van der Waals surface area contributed by atoms with E-state index >= 15 is 0 Å². The number of rotatable bonds is 8. The molecule has 0 spiro atoms. The normalized spacial score (nSPS) is 11.3. The second kappa shape index (κ2) is 8.55. The summed E-state index contributed by atoms with van der Waals surface area (Å²) < 4.78 is 3.86. The van der Waals surface area contributed by atoms with Gasteiger partial charge < -0.3 is 0 Å². The zero-order valence-electron chi connectivity index (χ0n) is 12.1. The van der Waals surface area contributed by atoms with Gasteiger partial charge in [-0.1, -0.05) is 67.4 Å². The first-order chi connectivity index (χ1) is 9.72. The Kier molecular flexibility index (Phi) is 7.06. The molecule has 3 heteroatoms. The topological polar surface area (TPSA) is 0 Å². The van der Waals surface area contributed by atoms with Gasteiger partial charge in [0.05, 0.1) is 3.79 Å². The minimum absolute atomic E-state index is 1.17. The third-order valence-corrected chi connectivity index (χ3v) is 6.18. The second-order valence-corrected chi connectivity index (χ2v) is 8.65. The van der Waals surface area contributed by atoms with Gasteiger partial charge in [0.15, 0.2) is 0 Å². The predicted octanol–water partition coefficient (Wildman–Crippen LogP) is 7.72. The van der Waals surface area contributed by atoms with E-state index < -0.39 is 0 Å². The van der Waals surface area contributed by atoms with Crippen LogP contribution >= 0.6 is 43.2 Å². The molecule has 0 amide bonds. The highest BCUT2D eigenvalue weighted by Crippen LogP contribution is 2.37. The van der Waals surface area contributed by atoms with Gasteiger partial charge in [0.25, 0.3) is 0 Å². The van der Waals surface area contributed by atoms with Crippen molar-refractivity contribution in [3.8, 4) is 0 Å². The van der Waals surface area contributed by atoms with Crippen molar-refractivity contribution in [3.05, 3.63) is 32.0 Å². The summed E-state index contributed by atoms with van der Waals surface area (Å²) in [5, 5.41) is 1.43. The fourth-order valence-electron chi connectivity index (χ4n) is 2.59. The lowest BCUT2D eigenvalue weighted by Gasteiger charge is -2.02. The lowest BCUT2D eigenvalue weighted by atomic mass is 10.0. The van der Waals surface area contributed by atoms with E-state index in [2.05, 4.69) is 57.0 Å². The van der Waals surface area contributed by atoms with Crippen molar-refractivity contribution in [1.82, 2.24) is 0 Å². The lowest BCUT2D eigenvalue weighted by molar-refractivity contribution is 0.590. The molecule has 0 aliphatic rings. The molecule has 0 nitrogen and oxygen atoms in total. The summed E-state index contributed by atoms with van der Waals surface area (Å²) in [6.45, 7) is 2.28. The Labute approximate surface area is 143 Å². The first-order valence-electron chi connectivity index (χ1n) is 7.58. The van der Waals surface area contributed by atoms with Gasteiger partial charge in [0, 0.05) is 9.17 Å². The van der Waals surface area contributed by atoms with E-state index in [9.17, 15) is 0 Å². The number of thiophene rings is 1. The Hall–Kier alpha value is 0.140.